The maximum atomic E-state index is 12.7. The third kappa shape index (κ3) is 4.42. The zero-order chi connectivity index (χ0) is 19.4. The number of nitrogens with one attached hydrogen (secondary N) is 1. The van der Waals surface area contributed by atoms with Gasteiger partial charge in [0.25, 0.3) is 5.91 Å². The third-order valence-electron chi connectivity index (χ3n) is 4.75. The fourth-order valence-corrected chi connectivity index (χ4v) is 3.13. The Morgan fingerprint density at radius 2 is 1.89 bits per heavy atom. The van der Waals surface area contributed by atoms with Crippen LogP contribution in [0.2, 0.25) is 0 Å². The van der Waals surface area contributed by atoms with Crippen molar-refractivity contribution in [2.24, 2.45) is 5.92 Å². The van der Waals surface area contributed by atoms with Crippen molar-refractivity contribution in [3.63, 3.8) is 0 Å². The Balaban J connectivity index is 1.83. The monoisotopic (exact) mass is 368 g/mol. The summed E-state index contributed by atoms with van der Waals surface area (Å²) in [6, 6.07) is 8.43. The van der Waals surface area contributed by atoms with Gasteiger partial charge in [0.2, 0.25) is 0 Å². The number of hydrogen-bond donors (Lipinski definition) is 1. The number of piperidine rings is 1. The lowest BCUT2D eigenvalue weighted by Gasteiger charge is -2.31. The van der Waals surface area contributed by atoms with Gasteiger partial charge < -0.3 is 15.0 Å². The predicted molar refractivity (Wildman–Crippen MR) is 103 cm³/mol. The number of ether oxygens (including phenoxy) is 1. The second-order valence-corrected chi connectivity index (χ2v) is 6.82. The van der Waals surface area contributed by atoms with Crippen molar-refractivity contribution < 1.29 is 14.3 Å². The molecule has 0 spiro atoms. The van der Waals surface area contributed by atoms with E-state index >= 15 is 0 Å². The molecule has 0 saturated carbocycles. The van der Waals surface area contributed by atoms with Gasteiger partial charge in [-0.05, 0) is 37.8 Å². The van der Waals surface area contributed by atoms with E-state index in [4.69, 9.17) is 4.74 Å². The molecule has 3 rings (SSSR count). The quantitative estimate of drug-likeness (QED) is 0.835. The summed E-state index contributed by atoms with van der Waals surface area (Å²) in [5.74, 6) is 1.12. The van der Waals surface area contributed by atoms with Crippen molar-refractivity contribution in [3.8, 4) is 0 Å². The number of amides is 1. The van der Waals surface area contributed by atoms with E-state index in [0.717, 1.165) is 31.7 Å². The van der Waals surface area contributed by atoms with Gasteiger partial charge in [-0.15, -0.1) is 0 Å². The smallest absolute Gasteiger partial charge is 0.339 e. The molecule has 2 aromatic rings. The summed E-state index contributed by atoms with van der Waals surface area (Å²) in [7, 11) is 1.31. The molecule has 1 N–H and O–H groups in total. The molecule has 27 heavy (non-hydrogen) atoms. The van der Waals surface area contributed by atoms with E-state index in [2.05, 4.69) is 27.1 Å². The van der Waals surface area contributed by atoms with Crippen LogP contribution in [0.15, 0.2) is 30.3 Å². The van der Waals surface area contributed by atoms with Crippen LogP contribution in [0, 0.1) is 12.8 Å². The van der Waals surface area contributed by atoms with Crippen LogP contribution in [0.25, 0.3) is 0 Å². The average molecular weight is 368 g/mol. The van der Waals surface area contributed by atoms with Gasteiger partial charge in [0, 0.05) is 19.2 Å². The van der Waals surface area contributed by atoms with Crippen LogP contribution in [-0.2, 0) is 4.74 Å². The number of hydrogen-bond acceptors (Lipinski definition) is 6. The van der Waals surface area contributed by atoms with Crippen molar-refractivity contribution in [2.75, 3.05) is 30.4 Å². The lowest BCUT2D eigenvalue weighted by atomic mass is 9.99. The second kappa shape index (κ2) is 8.16. The Labute approximate surface area is 158 Å². The van der Waals surface area contributed by atoms with Gasteiger partial charge in [-0.3, -0.25) is 4.79 Å². The number of benzene rings is 1. The van der Waals surface area contributed by atoms with Crippen LogP contribution in [0.3, 0.4) is 0 Å². The highest BCUT2D eigenvalue weighted by Crippen LogP contribution is 2.23. The number of anilines is 2. The SMILES string of the molecule is COC(=O)c1ccccc1NC(=O)c1cc(N2CCC(C)CC2)nc(C)n1. The maximum Gasteiger partial charge on any atom is 0.339 e. The summed E-state index contributed by atoms with van der Waals surface area (Å²) in [5.41, 5.74) is 0.958. The average Bonchev–Trinajstić information content (AvgIpc) is 2.68. The summed E-state index contributed by atoms with van der Waals surface area (Å²) in [4.78, 5) is 35.6. The van der Waals surface area contributed by atoms with E-state index in [1.54, 1.807) is 37.3 Å². The highest BCUT2D eigenvalue weighted by Gasteiger charge is 2.20. The Kier molecular flexibility index (Phi) is 5.69. The predicted octanol–water partition coefficient (Wildman–Crippen LogP) is 3.06. The molecule has 7 nitrogen and oxygen atoms in total. The number of aryl methyl sites for hydroxylation is 1. The molecule has 0 aliphatic carbocycles. The molecule has 0 radical (unpaired) electrons. The van der Waals surface area contributed by atoms with Crippen LogP contribution in [0.1, 0.15) is 46.4 Å². The van der Waals surface area contributed by atoms with Gasteiger partial charge >= 0.3 is 5.97 Å². The molecule has 0 atom stereocenters. The van der Waals surface area contributed by atoms with E-state index in [1.165, 1.54) is 7.11 Å². The molecular formula is C20H24N4O3. The van der Waals surface area contributed by atoms with E-state index in [9.17, 15) is 9.59 Å². The lowest BCUT2D eigenvalue weighted by Crippen LogP contribution is -2.34. The number of nitrogens with zero attached hydrogens (tertiary/aromatic N) is 3. The zero-order valence-corrected chi connectivity index (χ0v) is 15.9. The molecule has 0 unspecified atom stereocenters. The second-order valence-electron chi connectivity index (χ2n) is 6.82. The third-order valence-corrected chi connectivity index (χ3v) is 4.75. The van der Waals surface area contributed by atoms with Crippen molar-refractivity contribution in [2.45, 2.75) is 26.7 Å². The first-order valence-electron chi connectivity index (χ1n) is 9.07. The Morgan fingerprint density at radius 1 is 1.19 bits per heavy atom. The summed E-state index contributed by atoms with van der Waals surface area (Å²) in [6.07, 6.45) is 2.22. The maximum absolute atomic E-state index is 12.7. The first kappa shape index (κ1) is 18.8. The number of rotatable bonds is 4. The summed E-state index contributed by atoms with van der Waals surface area (Å²) < 4.78 is 4.77. The molecule has 1 saturated heterocycles. The van der Waals surface area contributed by atoms with Crippen molar-refractivity contribution in [1.82, 2.24) is 9.97 Å². The minimum absolute atomic E-state index is 0.274. The number of carbonyl (C=O) groups excluding carboxylic acids is 2. The lowest BCUT2D eigenvalue weighted by molar-refractivity contribution is 0.0602. The molecule has 1 aliphatic heterocycles. The molecule has 1 aromatic heterocycles. The number of esters is 1. The Bertz CT molecular complexity index is 845. The summed E-state index contributed by atoms with van der Waals surface area (Å²) >= 11 is 0. The van der Waals surface area contributed by atoms with Crippen LogP contribution < -0.4 is 10.2 Å². The molecule has 0 bridgehead atoms. The van der Waals surface area contributed by atoms with Gasteiger partial charge in [-0.2, -0.15) is 0 Å². The van der Waals surface area contributed by atoms with Gasteiger partial charge in [-0.1, -0.05) is 19.1 Å². The molecule has 2 heterocycles. The fourth-order valence-electron chi connectivity index (χ4n) is 3.13. The Morgan fingerprint density at radius 3 is 2.59 bits per heavy atom. The Hall–Kier alpha value is -2.96. The van der Waals surface area contributed by atoms with Crippen LogP contribution >= 0.6 is 0 Å². The van der Waals surface area contributed by atoms with Crippen LogP contribution in [-0.4, -0.2) is 42.0 Å². The number of methoxy groups -OCH3 is 1. The van der Waals surface area contributed by atoms with E-state index < -0.39 is 5.97 Å². The number of carbonyl (C=O) groups is 2. The highest BCUT2D eigenvalue weighted by atomic mass is 16.5. The minimum atomic E-state index is -0.507. The topological polar surface area (TPSA) is 84.4 Å². The standard InChI is InChI=1S/C20H24N4O3/c1-13-8-10-24(11-9-13)18-12-17(21-14(2)22-18)19(25)23-16-7-5-4-6-15(16)20(26)27-3/h4-7,12-13H,8-11H2,1-3H3,(H,23,25). The van der Waals surface area contributed by atoms with E-state index in [0.29, 0.717) is 23.0 Å². The zero-order valence-electron chi connectivity index (χ0n) is 15.9. The van der Waals surface area contributed by atoms with Gasteiger partial charge in [0.05, 0.1) is 18.4 Å². The molecule has 1 aromatic carbocycles. The molecule has 1 aliphatic rings. The van der Waals surface area contributed by atoms with E-state index in [-0.39, 0.29) is 11.6 Å². The van der Waals surface area contributed by atoms with Crippen LogP contribution in [0.5, 0.6) is 0 Å². The van der Waals surface area contributed by atoms with Gasteiger partial charge in [0.15, 0.2) is 0 Å². The summed E-state index contributed by atoms with van der Waals surface area (Å²) in [5, 5.41) is 2.76. The number of aromatic nitrogens is 2. The number of para-hydroxylation sites is 1. The molecule has 7 heteroatoms. The van der Waals surface area contributed by atoms with E-state index in [1.807, 2.05) is 0 Å². The molecule has 1 fully saturated rings. The summed E-state index contributed by atoms with van der Waals surface area (Å²) in [6.45, 7) is 5.86. The normalized spacial score (nSPS) is 14.7. The van der Waals surface area contributed by atoms with Crippen molar-refractivity contribution in [3.05, 3.63) is 47.4 Å². The minimum Gasteiger partial charge on any atom is -0.465 e. The largest absolute Gasteiger partial charge is 0.465 e. The highest BCUT2D eigenvalue weighted by molar-refractivity contribution is 6.07. The molecule has 1 amide bonds. The van der Waals surface area contributed by atoms with Gasteiger partial charge in [-0.25, -0.2) is 14.8 Å². The van der Waals surface area contributed by atoms with Crippen molar-refractivity contribution in [1.29, 1.82) is 0 Å². The van der Waals surface area contributed by atoms with Crippen LogP contribution in [0.4, 0.5) is 11.5 Å². The first-order chi connectivity index (χ1) is 13.0. The fraction of sp³-hybridized carbons (Fsp3) is 0.400. The van der Waals surface area contributed by atoms with Gasteiger partial charge in [0.1, 0.15) is 17.3 Å². The molecular weight excluding hydrogens is 344 g/mol. The van der Waals surface area contributed by atoms with Crippen molar-refractivity contribution >= 4 is 23.4 Å². The molecule has 142 valence electrons. The first-order valence-corrected chi connectivity index (χ1v) is 9.07.